The van der Waals surface area contributed by atoms with Crippen LogP contribution in [0, 0.1) is 0 Å². The standard InChI is InChI=1S/C17H26N6O2.HI/c1-5-23-12-21-22-16(23)11-20-17(18-3)19-10-13(2)25-15-9-7-6-8-14(15)24-4;/h6-9,12-13H,5,10-11H2,1-4H3,(H2,18,19,20);1H. The van der Waals surface area contributed by atoms with Crippen molar-refractivity contribution in [2.75, 3.05) is 20.7 Å². The molecule has 9 heteroatoms. The number of methoxy groups -OCH3 is 1. The van der Waals surface area contributed by atoms with Crippen LogP contribution in [0.3, 0.4) is 0 Å². The van der Waals surface area contributed by atoms with Crippen LogP contribution >= 0.6 is 24.0 Å². The molecule has 0 spiro atoms. The molecule has 2 N–H and O–H groups in total. The molecule has 0 bridgehead atoms. The van der Waals surface area contributed by atoms with Crippen molar-refractivity contribution >= 4 is 29.9 Å². The van der Waals surface area contributed by atoms with Crippen molar-refractivity contribution in [1.82, 2.24) is 25.4 Å². The first kappa shape index (κ1) is 22.0. The van der Waals surface area contributed by atoms with Crippen LogP contribution in [-0.2, 0) is 13.1 Å². The molecular weight excluding hydrogens is 447 g/mol. The lowest BCUT2D eigenvalue weighted by Gasteiger charge is -2.19. The topological polar surface area (TPSA) is 85.6 Å². The van der Waals surface area contributed by atoms with E-state index in [1.807, 2.05) is 35.8 Å². The molecule has 0 saturated carbocycles. The normalized spacial score (nSPS) is 12.1. The Hall–Kier alpha value is -2.04. The van der Waals surface area contributed by atoms with Crippen LogP contribution in [-0.4, -0.2) is 47.5 Å². The maximum atomic E-state index is 5.92. The van der Waals surface area contributed by atoms with Gasteiger partial charge in [0, 0.05) is 13.6 Å². The SMILES string of the molecule is CCn1cnnc1CNC(=NC)NCC(C)Oc1ccccc1OC.I. The molecule has 1 heterocycles. The number of nitrogens with one attached hydrogen (secondary N) is 2. The Balaban J connectivity index is 0.00000338. The lowest BCUT2D eigenvalue weighted by Crippen LogP contribution is -2.41. The van der Waals surface area contributed by atoms with Crippen molar-refractivity contribution in [3.63, 3.8) is 0 Å². The summed E-state index contributed by atoms with van der Waals surface area (Å²) in [5, 5.41) is 14.5. The molecule has 1 aromatic carbocycles. The Labute approximate surface area is 171 Å². The highest BCUT2D eigenvalue weighted by Gasteiger charge is 2.10. The number of guanidine groups is 1. The number of para-hydroxylation sites is 2. The predicted octanol–water partition coefficient (Wildman–Crippen LogP) is 2.06. The van der Waals surface area contributed by atoms with Gasteiger partial charge >= 0.3 is 0 Å². The number of halogens is 1. The molecule has 0 radical (unpaired) electrons. The third-order valence-electron chi connectivity index (χ3n) is 3.63. The summed E-state index contributed by atoms with van der Waals surface area (Å²) in [7, 11) is 3.36. The van der Waals surface area contributed by atoms with Gasteiger partial charge in [-0.2, -0.15) is 0 Å². The van der Waals surface area contributed by atoms with Crippen LogP contribution in [0.5, 0.6) is 11.5 Å². The first-order valence-corrected chi connectivity index (χ1v) is 8.28. The van der Waals surface area contributed by atoms with E-state index in [9.17, 15) is 0 Å². The molecule has 0 aliphatic carbocycles. The minimum Gasteiger partial charge on any atom is -0.493 e. The Morgan fingerprint density at radius 2 is 2.00 bits per heavy atom. The van der Waals surface area contributed by atoms with Crippen molar-refractivity contribution in [2.45, 2.75) is 33.0 Å². The lowest BCUT2D eigenvalue weighted by atomic mass is 10.3. The van der Waals surface area contributed by atoms with Crippen LogP contribution in [0.15, 0.2) is 35.6 Å². The number of hydrogen-bond acceptors (Lipinski definition) is 5. The first-order valence-electron chi connectivity index (χ1n) is 8.28. The van der Waals surface area contributed by atoms with Crippen molar-refractivity contribution in [2.24, 2.45) is 4.99 Å². The van der Waals surface area contributed by atoms with Gasteiger partial charge in [-0.25, -0.2) is 0 Å². The van der Waals surface area contributed by atoms with Crippen molar-refractivity contribution in [1.29, 1.82) is 0 Å². The summed E-state index contributed by atoms with van der Waals surface area (Å²) in [4.78, 5) is 4.21. The summed E-state index contributed by atoms with van der Waals surface area (Å²) >= 11 is 0. The fraction of sp³-hybridized carbons (Fsp3) is 0.471. The fourth-order valence-electron chi connectivity index (χ4n) is 2.28. The van der Waals surface area contributed by atoms with E-state index in [-0.39, 0.29) is 30.1 Å². The number of benzene rings is 1. The van der Waals surface area contributed by atoms with Gasteiger partial charge in [-0.15, -0.1) is 34.2 Å². The molecule has 0 saturated heterocycles. The molecule has 1 unspecified atom stereocenters. The van der Waals surface area contributed by atoms with Crippen molar-refractivity contribution < 1.29 is 9.47 Å². The van der Waals surface area contributed by atoms with Crippen molar-refractivity contribution in [3.05, 3.63) is 36.4 Å². The molecule has 1 atom stereocenters. The fourth-order valence-corrected chi connectivity index (χ4v) is 2.28. The molecule has 0 amide bonds. The van der Waals surface area contributed by atoms with E-state index in [2.05, 4.69) is 32.7 Å². The monoisotopic (exact) mass is 474 g/mol. The van der Waals surface area contributed by atoms with Gasteiger partial charge in [-0.05, 0) is 26.0 Å². The third-order valence-corrected chi connectivity index (χ3v) is 3.63. The van der Waals surface area contributed by atoms with Crippen LogP contribution in [0.25, 0.3) is 0 Å². The zero-order valence-electron chi connectivity index (χ0n) is 15.6. The van der Waals surface area contributed by atoms with Gasteiger partial charge in [0.2, 0.25) is 0 Å². The molecule has 2 rings (SSSR count). The average Bonchev–Trinajstić information content (AvgIpc) is 3.10. The third kappa shape index (κ3) is 6.36. The molecule has 8 nitrogen and oxygen atoms in total. The molecule has 0 aliphatic rings. The van der Waals surface area contributed by atoms with E-state index in [0.717, 1.165) is 23.9 Å². The molecule has 0 aliphatic heterocycles. The summed E-state index contributed by atoms with van der Waals surface area (Å²) in [6, 6.07) is 7.59. The number of rotatable bonds is 8. The summed E-state index contributed by atoms with van der Waals surface area (Å²) < 4.78 is 13.2. The summed E-state index contributed by atoms with van der Waals surface area (Å²) in [6.07, 6.45) is 1.66. The van der Waals surface area contributed by atoms with E-state index < -0.39 is 0 Å². The van der Waals surface area contributed by atoms with Gasteiger partial charge in [-0.3, -0.25) is 4.99 Å². The number of nitrogens with zero attached hydrogens (tertiary/aromatic N) is 4. The minimum atomic E-state index is -0.0610. The quantitative estimate of drug-likeness (QED) is 0.346. The van der Waals surface area contributed by atoms with E-state index in [1.165, 1.54) is 0 Å². The number of aromatic nitrogens is 3. The van der Waals surface area contributed by atoms with Gasteiger partial charge in [0.15, 0.2) is 23.3 Å². The van der Waals surface area contributed by atoms with E-state index in [4.69, 9.17) is 9.47 Å². The van der Waals surface area contributed by atoms with Gasteiger partial charge < -0.3 is 24.7 Å². The van der Waals surface area contributed by atoms with Gasteiger partial charge in [0.05, 0.1) is 20.2 Å². The second-order valence-corrected chi connectivity index (χ2v) is 5.42. The highest BCUT2D eigenvalue weighted by molar-refractivity contribution is 14.0. The molecule has 2 aromatic rings. The number of ether oxygens (including phenoxy) is 2. The summed E-state index contributed by atoms with van der Waals surface area (Å²) in [5.74, 6) is 2.99. The van der Waals surface area contributed by atoms with Gasteiger partial charge in [-0.1, -0.05) is 12.1 Å². The van der Waals surface area contributed by atoms with Crippen LogP contribution in [0.4, 0.5) is 0 Å². The molecule has 26 heavy (non-hydrogen) atoms. The Morgan fingerprint density at radius 3 is 2.65 bits per heavy atom. The predicted molar refractivity (Wildman–Crippen MR) is 112 cm³/mol. The molecule has 1 aromatic heterocycles. The van der Waals surface area contributed by atoms with E-state index in [0.29, 0.717) is 19.0 Å². The minimum absolute atomic E-state index is 0. The maximum absolute atomic E-state index is 5.92. The van der Waals surface area contributed by atoms with Crippen molar-refractivity contribution in [3.8, 4) is 11.5 Å². The van der Waals surface area contributed by atoms with E-state index in [1.54, 1.807) is 20.5 Å². The molecule has 0 fully saturated rings. The highest BCUT2D eigenvalue weighted by Crippen LogP contribution is 2.26. The molecule has 144 valence electrons. The Bertz CT molecular complexity index is 691. The van der Waals surface area contributed by atoms with Crippen LogP contribution in [0.2, 0.25) is 0 Å². The average molecular weight is 474 g/mol. The second kappa shape index (κ2) is 11.6. The highest BCUT2D eigenvalue weighted by atomic mass is 127. The summed E-state index contributed by atoms with van der Waals surface area (Å²) in [6.45, 7) is 6.02. The van der Waals surface area contributed by atoms with E-state index >= 15 is 0 Å². The zero-order valence-corrected chi connectivity index (χ0v) is 17.9. The Morgan fingerprint density at radius 1 is 1.27 bits per heavy atom. The number of aliphatic imine (C=N–C) groups is 1. The first-order chi connectivity index (χ1) is 12.2. The second-order valence-electron chi connectivity index (χ2n) is 5.42. The Kier molecular flexibility index (Phi) is 9.78. The number of hydrogen-bond donors (Lipinski definition) is 2. The molecular formula is C17H27IN6O2. The van der Waals surface area contributed by atoms with Crippen LogP contribution in [0.1, 0.15) is 19.7 Å². The maximum Gasteiger partial charge on any atom is 0.191 e. The largest absolute Gasteiger partial charge is 0.493 e. The van der Waals surface area contributed by atoms with Crippen LogP contribution < -0.4 is 20.1 Å². The van der Waals surface area contributed by atoms with Gasteiger partial charge in [0.1, 0.15) is 12.4 Å². The lowest BCUT2D eigenvalue weighted by molar-refractivity contribution is 0.213. The smallest absolute Gasteiger partial charge is 0.191 e. The zero-order chi connectivity index (χ0) is 18.1. The van der Waals surface area contributed by atoms with Gasteiger partial charge in [0.25, 0.3) is 0 Å². The number of aryl methyl sites for hydroxylation is 1. The summed E-state index contributed by atoms with van der Waals surface area (Å²) in [5.41, 5.74) is 0.